The number of carbonyl (C=O) groups is 2. The zero-order valence-electron chi connectivity index (χ0n) is 7.79. The molecule has 0 heterocycles. The first-order valence-corrected chi connectivity index (χ1v) is 4.10. The Bertz CT molecular complexity index is 249. The Labute approximate surface area is 77.4 Å². The molecule has 0 aliphatic carbocycles. The van der Waals surface area contributed by atoms with Crippen molar-refractivity contribution in [2.75, 3.05) is 0 Å². The van der Waals surface area contributed by atoms with E-state index in [2.05, 4.69) is 11.8 Å². The van der Waals surface area contributed by atoms with Crippen molar-refractivity contribution in [3.8, 4) is 11.8 Å². The van der Waals surface area contributed by atoms with E-state index in [0.717, 1.165) is 0 Å². The highest BCUT2D eigenvalue weighted by Crippen LogP contribution is 1.98. The Balaban J connectivity index is 4.14. The molecule has 0 spiro atoms. The molecule has 0 bridgehead atoms. The average Bonchev–Trinajstić information content (AvgIpc) is 2.11. The molecule has 0 radical (unpaired) electrons. The van der Waals surface area contributed by atoms with Gasteiger partial charge in [-0.25, -0.2) is 0 Å². The molecule has 13 heavy (non-hydrogen) atoms. The summed E-state index contributed by atoms with van der Waals surface area (Å²) in [4.78, 5) is 21.1. The van der Waals surface area contributed by atoms with Gasteiger partial charge in [0, 0.05) is 6.42 Å². The van der Waals surface area contributed by atoms with Gasteiger partial charge in [0.15, 0.2) is 6.10 Å². The Morgan fingerprint density at radius 3 is 2.46 bits per heavy atom. The van der Waals surface area contributed by atoms with E-state index in [1.54, 1.807) is 6.92 Å². The normalized spacial score (nSPS) is 10.9. The summed E-state index contributed by atoms with van der Waals surface area (Å²) in [6.45, 7) is 3.50. The first kappa shape index (κ1) is 11.5. The Morgan fingerprint density at radius 1 is 1.46 bits per heavy atom. The Morgan fingerprint density at radius 2 is 2.08 bits per heavy atom. The van der Waals surface area contributed by atoms with Crippen LogP contribution in [-0.2, 0) is 14.3 Å². The second-order valence-corrected chi connectivity index (χ2v) is 2.37. The molecule has 1 atom stereocenters. The lowest BCUT2D eigenvalue weighted by molar-refractivity contribution is -0.146. The van der Waals surface area contributed by atoms with Crippen molar-refractivity contribution < 1.29 is 14.3 Å². The third kappa shape index (κ3) is 5.74. The van der Waals surface area contributed by atoms with Crippen molar-refractivity contribution in [2.45, 2.75) is 32.8 Å². The fourth-order valence-corrected chi connectivity index (χ4v) is 0.608. The molecular formula is C9H13NO3. The predicted molar refractivity (Wildman–Crippen MR) is 47.4 cm³/mol. The van der Waals surface area contributed by atoms with Crippen molar-refractivity contribution in [1.29, 1.82) is 0 Å². The zero-order chi connectivity index (χ0) is 10.3. The predicted octanol–water partition coefficient (Wildman–Crippen LogP) is 0.207. The molecular weight excluding hydrogens is 170 g/mol. The van der Waals surface area contributed by atoms with Gasteiger partial charge in [-0.3, -0.25) is 9.59 Å². The van der Waals surface area contributed by atoms with Crippen LogP contribution in [0.3, 0.4) is 0 Å². The van der Waals surface area contributed by atoms with Gasteiger partial charge in [0.05, 0.1) is 0 Å². The number of hydrogen-bond donors (Lipinski definition) is 1. The number of nitrogens with two attached hydrogens (primary N) is 1. The minimum Gasteiger partial charge on any atom is -0.449 e. The lowest BCUT2D eigenvalue weighted by atomic mass is 10.3. The number of amides is 1. The van der Waals surface area contributed by atoms with Crippen LogP contribution in [0.1, 0.15) is 26.7 Å². The minimum absolute atomic E-state index is 0.300. The number of ether oxygens (including phenoxy) is 1. The fraction of sp³-hybridized carbons (Fsp3) is 0.556. The minimum atomic E-state index is -0.717. The molecule has 0 aromatic heterocycles. The summed E-state index contributed by atoms with van der Waals surface area (Å²) in [5, 5.41) is 0. The zero-order valence-corrected chi connectivity index (χ0v) is 7.79. The van der Waals surface area contributed by atoms with Gasteiger partial charge in [-0.1, -0.05) is 13.8 Å². The van der Waals surface area contributed by atoms with Crippen LogP contribution < -0.4 is 5.73 Å². The molecule has 0 aliphatic heterocycles. The quantitative estimate of drug-likeness (QED) is 0.502. The molecule has 0 saturated heterocycles. The molecule has 0 rings (SSSR count). The van der Waals surface area contributed by atoms with Crippen LogP contribution in [0.4, 0.5) is 0 Å². The maximum absolute atomic E-state index is 10.8. The molecule has 4 nitrogen and oxygen atoms in total. The lowest BCUT2D eigenvalue weighted by Crippen LogP contribution is -2.16. The van der Waals surface area contributed by atoms with Crippen molar-refractivity contribution in [3.05, 3.63) is 0 Å². The molecule has 1 unspecified atom stereocenters. The second kappa shape index (κ2) is 6.06. The van der Waals surface area contributed by atoms with Gasteiger partial charge in [-0.05, 0) is 18.3 Å². The van der Waals surface area contributed by atoms with E-state index in [4.69, 9.17) is 10.5 Å². The molecule has 0 aromatic rings. The standard InChI is InChI=1S/C9H13NO3/c1-3-7(5-6-8(10)11)13-9(12)4-2/h7H,3-4H2,1-2H3,(H2,10,11). The van der Waals surface area contributed by atoms with E-state index in [1.807, 2.05) is 6.92 Å². The molecule has 72 valence electrons. The first-order chi connectivity index (χ1) is 6.10. The van der Waals surface area contributed by atoms with Crippen LogP contribution in [-0.4, -0.2) is 18.0 Å². The van der Waals surface area contributed by atoms with Crippen molar-refractivity contribution >= 4 is 11.9 Å². The van der Waals surface area contributed by atoms with Gasteiger partial charge >= 0.3 is 5.97 Å². The summed E-state index contributed by atoms with van der Waals surface area (Å²) >= 11 is 0. The van der Waals surface area contributed by atoms with E-state index in [9.17, 15) is 9.59 Å². The van der Waals surface area contributed by atoms with Crippen LogP contribution in [0.5, 0.6) is 0 Å². The monoisotopic (exact) mass is 183 g/mol. The topological polar surface area (TPSA) is 69.4 Å². The van der Waals surface area contributed by atoms with Crippen LogP contribution >= 0.6 is 0 Å². The average molecular weight is 183 g/mol. The van der Waals surface area contributed by atoms with Crippen molar-refractivity contribution in [1.82, 2.24) is 0 Å². The highest BCUT2D eigenvalue weighted by Gasteiger charge is 2.07. The van der Waals surface area contributed by atoms with Gasteiger partial charge in [-0.15, -0.1) is 0 Å². The lowest BCUT2D eigenvalue weighted by Gasteiger charge is -2.08. The number of esters is 1. The van der Waals surface area contributed by atoms with Crippen LogP contribution in [0.25, 0.3) is 0 Å². The largest absolute Gasteiger partial charge is 0.449 e. The van der Waals surface area contributed by atoms with Gasteiger partial charge in [0.2, 0.25) is 0 Å². The van der Waals surface area contributed by atoms with E-state index in [1.165, 1.54) is 0 Å². The number of hydrogen-bond acceptors (Lipinski definition) is 3. The number of rotatable bonds is 3. The summed E-state index contributed by atoms with van der Waals surface area (Å²) < 4.78 is 4.88. The smallest absolute Gasteiger partial charge is 0.306 e. The van der Waals surface area contributed by atoms with E-state index < -0.39 is 12.0 Å². The van der Waals surface area contributed by atoms with Gasteiger partial charge in [-0.2, -0.15) is 0 Å². The van der Waals surface area contributed by atoms with Gasteiger partial charge in [0.1, 0.15) is 0 Å². The van der Waals surface area contributed by atoms with E-state index in [0.29, 0.717) is 12.8 Å². The summed E-state index contributed by atoms with van der Waals surface area (Å²) in [5.41, 5.74) is 4.81. The van der Waals surface area contributed by atoms with E-state index >= 15 is 0 Å². The second-order valence-electron chi connectivity index (χ2n) is 2.37. The maximum atomic E-state index is 10.8. The summed E-state index contributed by atoms with van der Waals surface area (Å²) in [5.74, 6) is 3.56. The number of primary amides is 1. The summed E-state index contributed by atoms with van der Waals surface area (Å²) in [6.07, 6.45) is 0.320. The first-order valence-electron chi connectivity index (χ1n) is 4.10. The van der Waals surface area contributed by atoms with Crippen molar-refractivity contribution in [2.24, 2.45) is 5.73 Å². The third-order valence-corrected chi connectivity index (χ3v) is 1.29. The molecule has 1 amide bonds. The highest BCUT2D eigenvalue weighted by atomic mass is 16.5. The third-order valence-electron chi connectivity index (χ3n) is 1.29. The fourth-order valence-electron chi connectivity index (χ4n) is 0.608. The number of carbonyl (C=O) groups excluding carboxylic acids is 2. The molecule has 0 fully saturated rings. The van der Waals surface area contributed by atoms with Gasteiger partial charge in [0.25, 0.3) is 5.91 Å². The van der Waals surface area contributed by atoms with Crippen molar-refractivity contribution in [3.63, 3.8) is 0 Å². The summed E-state index contributed by atoms with van der Waals surface area (Å²) in [6, 6.07) is 0. The van der Waals surface area contributed by atoms with E-state index in [-0.39, 0.29) is 5.97 Å². The van der Waals surface area contributed by atoms with Crippen LogP contribution in [0, 0.1) is 11.8 Å². The van der Waals surface area contributed by atoms with Crippen LogP contribution in [0.15, 0.2) is 0 Å². The molecule has 2 N–H and O–H groups in total. The Kier molecular flexibility index (Phi) is 5.37. The molecule has 0 saturated carbocycles. The molecule has 0 aromatic carbocycles. The SMILES string of the molecule is CCC(=O)OC(C#CC(N)=O)CC. The van der Waals surface area contributed by atoms with Crippen LogP contribution in [0.2, 0.25) is 0 Å². The maximum Gasteiger partial charge on any atom is 0.306 e. The highest BCUT2D eigenvalue weighted by molar-refractivity contribution is 5.92. The Hall–Kier alpha value is -1.50. The summed E-state index contributed by atoms with van der Waals surface area (Å²) in [7, 11) is 0. The molecule has 4 heteroatoms. The molecule has 0 aliphatic rings. The van der Waals surface area contributed by atoms with Gasteiger partial charge < -0.3 is 10.5 Å².